The molecule has 0 aliphatic heterocycles. The summed E-state index contributed by atoms with van der Waals surface area (Å²) in [5.74, 6) is -0.256. The van der Waals surface area contributed by atoms with Gasteiger partial charge in [0.05, 0.1) is 9.79 Å². The van der Waals surface area contributed by atoms with Crippen LogP contribution in [-0.2, 0) is 21.2 Å². The molecule has 0 aliphatic carbocycles. The van der Waals surface area contributed by atoms with Gasteiger partial charge >= 0.3 is 0 Å². The number of carbonyl (C=O) groups excluding carboxylic acids is 1. The lowest BCUT2D eigenvalue weighted by molar-refractivity contribution is -0.116. The molecule has 4 rings (SSSR count). The summed E-state index contributed by atoms with van der Waals surface area (Å²) in [5, 5.41) is 3.84. The topological polar surface area (TPSA) is 68.2 Å². The molecule has 3 aromatic carbocycles. The van der Waals surface area contributed by atoms with Crippen LogP contribution in [0.15, 0.2) is 93.3 Å². The van der Waals surface area contributed by atoms with Crippen molar-refractivity contribution in [2.24, 2.45) is 0 Å². The molecule has 0 saturated carbocycles. The Balaban J connectivity index is 1.69. The number of anilines is 1. The minimum Gasteiger partial charge on any atom is -0.337 e. The van der Waals surface area contributed by atoms with Crippen molar-refractivity contribution < 1.29 is 13.2 Å². The van der Waals surface area contributed by atoms with Crippen LogP contribution in [0.1, 0.15) is 0 Å². The van der Waals surface area contributed by atoms with Crippen molar-refractivity contribution in [2.75, 3.05) is 5.32 Å². The van der Waals surface area contributed by atoms with Crippen LogP contribution >= 0.6 is 27.5 Å². The average Bonchev–Trinajstić information content (AvgIpc) is 3.09. The van der Waals surface area contributed by atoms with Crippen LogP contribution in [0.25, 0.3) is 10.9 Å². The zero-order chi connectivity index (χ0) is 21.3. The summed E-state index contributed by atoms with van der Waals surface area (Å²) in [6, 6.07) is 20.4. The lowest BCUT2D eigenvalue weighted by Crippen LogP contribution is -2.18. The van der Waals surface area contributed by atoms with E-state index >= 15 is 0 Å². The van der Waals surface area contributed by atoms with Crippen molar-refractivity contribution >= 4 is 59.9 Å². The third kappa shape index (κ3) is 4.14. The van der Waals surface area contributed by atoms with E-state index in [4.69, 9.17) is 11.6 Å². The molecule has 8 heteroatoms. The first-order valence-electron chi connectivity index (χ1n) is 8.98. The highest BCUT2D eigenvalue weighted by Crippen LogP contribution is 2.30. The van der Waals surface area contributed by atoms with Crippen LogP contribution in [0, 0.1) is 0 Å². The molecule has 0 bridgehead atoms. The van der Waals surface area contributed by atoms with Crippen molar-refractivity contribution in [3.63, 3.8) is 0 Å². The van der Waals surface area contributed by atoms with Gasteiger partial charge in [0.1, 0.15) is 6.54 Å². The highest BCUT2D eigenvalue weighted by atomic mass is 79.9. The van der Waals surface area contributed by atoms with E-state index in [-0.39, 0.29) is 22.2 Å². The van der Waals surface area contributed by atoms with Gasteiger partial charge in [-0.05, 0) is 54.6 Å². The molecular formula is C22H16BrClN2O3S. The molecule has 1 N–H and O–H groups in total. The zero-order valence-electron chi connectivity index (χ0n) is 15.5. The van der Waals surface area contributed by atoms with E-state index in [2.05, 4.69) is 21.2 Å². The lowest BCUT2D eigenvalue weighted by atomic mass is 10.2. The fraction of sp³-hybridized carbons (Fsp3) is 0.0455. The monoisotopic (exact) mass is 502 g/mol. The smallest absolute Gasteiger partial charge is 0.244 e. The Kier molecular flexibility index (Phi) is 5.69. The summed E-state index contributed by atoms with van der Waals surface area (Å²) in [7, 11) is -3.78. The summed E-state index contributed by atoms with van der Waals surface area (Å²) in [6.45, 7) is -0.0211. The van der Waals surface area contributed by atoms with E-state index in [0.29, 0.717) is 21.6 Å². The molecular weight excluding hydrogens is 488 g/mol. The third-order valence-corrected chi connectivity index (χ3v) is 7.19. The SMILES string of the molecule is O=C(Cn1cc(S(=O)(=O)c2ccc(Cl)cc2)c2ccccc21)Nc1ccc(Br)cc1. The zero-order valence-corrected chi connectivity index (χ0v) is 18.7. The van der Waals surface area contributed by atoms with Crippen molar-refractivity contribution in [1.82, 2.24) is 4.57 Å². The summed E-state index contributed by atoms with van der Waals surface area (Å²) in [5.41, 5.74) is 1.32. The first-order valence-corrected chi connectivity index (χ1v) is 11.6. The maximum Gasteiger partial charge on any atom is 0.244 e. The number of nitrogens with one attached hydrogen (secondary N) is 1. The van der Waals surface area contributed by atoms with Crippen LogP contribution in [0.3, 0.4) is 0 Å². The predicted octanol–water partition coefficient (Wildman–Crippen LogP) is 5.53. The molecule has 30 heavy (non-hydrogen) atoms. The third-order valence-electron chi connectivity index (χ3n) is 4.61. The van der Waals surface area contributed by atoms with Crippen LogP contribution in [0.2, 0.25) is 5.02 Å². The van der Waals surface area contributed by atoms with Gasteiger partial charge in [-0.2, -0.15) is 0 Å². The Hall–Kier alpha value is -2.61. The maximum absolute atomic E-state index is 13.2. The van der Waals surface area contributed by atoms with Gasteiger partial charge in [-0.15, -0.1) is 0 Å². The van der Waals surface area contributed by atoms with Crippen molar-refractivity contribution in [2.45, 2.75) is 16.3 Å². The Labute approximate surface area is 187 Å². The first kappa shape index (κ1) is 20.7. The van der Waals surface area contributed by atoms with Gasteiger partial charge in [0.25, 0.3) is 0 Å². The Morgan fingerprint density at radius 1 is 0.967 bits per heavy atom. The van der Waals surface area contributed by atoms with Crippen molar-refractivity contribution in [3.05, 3.63) is 88.5 Å². The first-order chi connectivity index (χ1) is 14.3. The number of aromatic nitrogens is 1. The maximum atomic E-state index is 13.2. The largest absolute Gasteiger partial charge is 0.337 e. The van der Waals surface area contributed by atoms with E-state index in [9.17, 15) is 13.2 Å². The van der Waals surface area contributed by atoms with E-state index in [1.165, 1.54) is 18.3 Å². The van der Waals surface area contributed by atoms with Crippen molar-refractivity contribution in [1.29, 1.82) is 0 Å². The summed E-state index contributed by atoms with van der Waals surface area (Å²) >= 11 is 9.25. The molecule has 5 nitrogen and oxygen atoms in total. The fourth-order valence-electron chi connectivity index (χ4n) is 3.19. The van der Waals surface area contributed by atoms with Crippen LogP contribution in [0.5, 0.6) is 0 Å². The number of fused-ring (bicyclic) bond motifs is 1. The standard InChI is InChI=1S/C22H16BrClN2O3S/c23-15-5-9-17(10-6-15)25-22(27)14-26-13-21(19-3-1-2-4-20(19)26)30(28,29)18-11-7-16(24)8-12-18/h1-13H,14H2,(H,25,27). The van der Waals surface area contributed by atoms with Gasteiger partial charge in [-0.3, -0.25) is 4.79 Å². The van der Waals surface area contributed by atoms with Crippen LogP contribution in [0.4, 0.5) is 5.69 Å². The van der Waals surface area contributed by atoms with E-state index < -0.39 is 9.84 Å². The molecule has 1 amide bonds. The molecule has 1 heterocycles. The van der Waals surface area contributed by atoms with Gasteiger partial charge in [0.2, 0.25) is 15.7 Å². The molecule has 0 fully saturated rings. The molecule has 0 spiro atoms. The molecule has 1 aromatic heterocycles. The minimum absolute atomic E-state index is 0.0211. The molecule has 152 valence electrons. The van der Waals surface area contributed by atoms with E-state index in [0.717, 1.165) is 4.47 Å². The van der Waals surface area contributed by atoms with E-state index in [1.807, 2.05) is 18.2 Å². The number of hydrogen-bond donors (Lipinski definition) is 1. The number of hydrogen-bond acceptors (Lipinski definition) is 3. The Bertz CT molecular complexity index is 1330. The molecule has 0 saturated heterocycles. The number of sulfone groups is 1. The molecule has 0 radical (unpaired) electrons. The molecule has 0 atom stereocenters. The molecule has 0 aliphatic rings. The number of benzene rings is 3. The number of rotatable bonds is 5. The van der Waals surface area contributed by atoms with Crippen LogP contribution < -0.4 is 5.32 Å². The summed E-state index contributed by atoms with van der Waals surface area (Å²) in [6.07, 6.45) is 1.51. The number of para-hydroxylation sites is 1. The average molecular weight is 504 g/mol. The summed E-state index contributed by atoms with van der Waals surface area (Å²) < 4.78 is 29.0. The van der Waals surface area contributed by atoms with Gasteiger partial charge in [-0.1, -0.05) is 45.7 Å². The molecule has 0 unspecified atom stereocenters. The highest BCUT2D eigenvalue weighted by Gasteiger charge is 2.23. The number of amides is 1. The van der Waals surface area contributed by atoms with Crippen LogP contribution in [-0.4, -0.2) is 18.9 Å². The highest BCUT2D eigenvalue weighted by molar-refractivity contribution is 9.10. The normalized spacial score (nSPS) is 11.5. The van der Waals surface area contributed by atoms with Gasteiger partial charge < -0.3 is 9.88 Å². The number of halogens is 2. The number of nitrogens with zero attached hydrogens (tertiary/aromatic N) is 1. The van der Waals surface area contributed by atoms with Gasteiger partial charge in [0.15, 0.2) is 0 Å². The van der Waals surface area contributed by atoms with Crippen molar-refractivity contribution in [3.8, 4) is 0 Å². The Morgan fingerprint density at radius 3 is 2.33 bits per heavy atom. The summed E-state index contributed by atoms with van der Waals surface area (Å²) in [4.78, 5) is 12.9. The number of carbonyl (C=O) groups is 1. The van der Waals surface area contributed by atoms with Gasteiger partial charge in [0, 0.05) is 32.3 Å². The quantitative estimate of drug-likeness (QED) is 0.389. The Morgan fingerprint density at radius 2 is 1.63 bits per heavy atom. The molecule has 4 aromatic rings. The minimum atomic E-state index is -3.78. The lowest BCUT2D eigenvalue weighted by Gasteiger charge is -2.07. The second kappa shape index (κ2) is 8.26. The predicted molar refractivity (Wildman–Crippen MR) is 122 cm³/mol. The second-order valence-corrected chi connectivity index (χ2v) is 9.92. The second-order valence-electron chi connectivity index (χ2n) is 6.65. The van der Waals surface area contributed by atoms with Gasteiger partial charge in [-0.25, -0.2) is 8.42 Å². The van der Waals surface area contributed by atoms with E-state index in [1.54, 1.807) is 47.0 Å². The fourth-order valence-corrected chi connectivity index (χ4v) is 5.05.